The Hall–Kier alpha value is -2.98. The molecule has 0 amide bonds. The number of aliphatic hydroxyl groups is 3. The van der Waals surface area contributed by atoms with Gasteiger partial charge in [0.05, 0.1) is 33.0 Å². The maximum absolute atomic E-state index is 12.7. The van der Waals surface area contributed by atoms with Crippen LogP contribution in [0.2, 0.25) is 0 Å². The molecule has 12 heteroatoms. The quantitative estimate of drug-likeness (QED) is 0.236. The van der Waals surface area contributed by atoms with E-state index in [1.807, 2.05) is 84.9 Å². The van der Waals surface area contributed by atoms with Gasteiger partial charge in [0.1, 0.15) is 48.0 Å². The van der Waals surface area contributed by atoms with Gasteiger partial charge in [-0.3, -0.25) is 0 Å². The average Bonchev–Trinajstić information content (AvgIpc) is 3.66. The van der Waals surface area contributed by atoms with E-state index in [1.165, 1.54) is 0 Å². The van der Waals surface area contributed by atoms with Gasteiger partial charge in [-0.2, -0.15) is 0 Å². The zero-order chi connectivity index (χ0) is 36.0. The minimum Gasteiger partial charge on any atom is -0.497 e. The van der Waals surface area contributed by atoms with E-state index in [4.69, 9.17) is 42.6 Å². The fourth-order valence-electron chi connectivity index (χ4n) is 7.66. The molecule has 1 aliphatic carbocycles. The highest BCUT2D eigenvalue weighted by molar-refractivity contribution is 5.35. The van der Waals surface area contributed by atoms with Gasteiger partial charge in [-0.15, -0.1) is 0 Å². The summed E-state index contributed by atoms with van der Waals surface area (Å²) in [5, 5.41) is 35.9. The summed E-state index contributed by atoms with van der Waals surface area (Å²) < 4.78 is 55.4. The standard InChI is InChI=1S/C39H48O12/c1-37(2)46-22-27(49-37)30-31(51-38(3,4)50-30)35(41)48-36-32(44-20-24-16-18-26(43-5)19-17-24)34(45-21-23-12-8-6-9-13-23)39(42)28(29(40)33(39)47-36)25-14-10-7-11-15-25/h6-19,27-36,40-42H,20-22H2,1-5H3/t27-,28?,29?,30-,31-,32+,33-,34-,35?,36+,39-/m1/s1. The SMILES string of the molecule is COc1ccc(CO[C@@H]2[C@H](OC(O)[C@@H]3OC(C)(C)O[C@@H]3[C@H]3COC(C)(C)O3)O[C@@H]3C(O)C(c4ccccc4)[C@]3(O)[C@@H]2OCc2ccccc2)cc1. The lowest BCUT2D eigenvalue weighted by molar-refractivity contribution is -0.415. The highest BCUT2D eigenvalue weighted by Gasteiger charge is 2.72. The molecule has 11 atom stereocenters. The summed E-state index contributed by atoms with van der Waals surface area (Å²) in [6.45, 7) is 7.53. The van der Waals surface area contributed by atoms with Crippen LogP contribution in [0.3, 0.4) is 0 Å². The van der Waals surface area contributed by atoms with Crippen molar-refractivity contribution in [2.45, 2.75) is 119 Å². The maximum atomic E-state index is 12.7. The van der Waals surface area contributed by atoms with Gasteiger partial charge >= 0.3 is 0 Å². The molecule has 0 aromatic heterocycles. The van der Waals surface area contributed by atoms with E-state index in [-0.39, 0.29) is 19.8 Å². The zero-order valence-corrected chi connectivity index (χ0v) is 29.5. The highest BCUT2D eigenvalue weighted by atomic mass is 16.8. The molecule has 276 valence electrons. The molecule has 1 saturated carbocycles. The number of methoxy groups -OCH3 is 1. The lowest BCUT2D eigenvalue weighted by atomic mass is 9.57. The molecule has 0 bridgehead atoms. The van der Waals surface area contributed by atoms with Crippen LogP contribution >= 0.6 is 0 Å². The van der Waals surface area contributed by atoms with E-state index in [0.717, 1.165) is 16.7 Å². The molecule has 0 radical (unpaired) electrons. The molecule has 3 aromatic rings. The normalized spacial score (nSPS) is 35.9. The third-order valence-electron chi connectivity index (χ3n) is 10.1. The van der Waals surface area contributed by atoms with Crippen molar-refractivity contribution in [1.82, 2.24) is 0 Å². The largest absolute Gasteiger partial charge is 0.497 e. The van der Waals surface area contributed by atoms with Crippen LogP contribution in [0.25, 0.3) is 0 Å². The minimum atomic E-state index is -1.73. The van der Waals surface area contributed by atoms with Crippen molar-refractivity contribution in [1.29, 1.82) is 0 Å². The van der Waals surface area contributed by atoms with Gasteiger partial charge < -0.3 is 58.0 Å². The van der Waals surface area contributed by atoms with E-state index in [9.17, 15) is 15.3 Å². The van der Waals surface area contributed by atoms with E-state index in [2.05, 4.69) is 0 Å². The van der Waals surface area contributed by atoms with Crippen LogP contribution < -0.4 is 4.74 Å². The number of hydrogen-bond acceptors (Lipinski definition) is 12. The molecule has 4 aliphatic rings. The van der Waals surface area contributed by atoms with E-state index < -0.39 is 78.4 Å². The van der Waals surface area contributed by atoms with Gasteiger partial charge in [-0.05, 0) is 56.5 Å². The first-order chi connectivity index (χ1) is 24.4. The Morgan fingerprint density at radius 3 is 2.10 bits per heavy atom. The molecule has 0 spiro atoms. The second-order valence-electron chi connectivity index (χ2n) is 14.5. The third kappa shape index (κ3) is 7.33. The summed E-state index contributed by atoms with van der Waals surface area (Å²) in [5.74, 6) is -1.98. The second kappa shape index (κ2) is 14.4. The lowest BCUT2D eigenvalue weighted by Gasteiger charge is -2.63. The van der Waals surface area contributed by atoms with Crippen LogP contribution in [0.15, 0.2) is 84.9 Å². The summed E-state index contributed by atoms with van der Waals surface area (Å²) >= 11 is 0. The average molecular weight is 709 g/mol. The van der Waals surface area contributed by atoms with Crippen LogP contribution in [-0.4, -0.2) is 102 Å². The Balaban J connectivity index is 1.21. The predicted octanol–water partition coefficient (Wildman–Crippen LogP) is 3.79. The Morgan fingerprint density at radius 1 is 0.804 bits per heavy atom. The fraction of sp³-hybridized carbons (Fsp3) is 0.538. The van der Waals surface area contributed by atoms with Crippen LogP contribution in [0.4, 0.5) is 0 Å². The third-order valence-corrected chi connectivity index (χ3v) is 10.1. The number of ether oxygens (including phenoxy) is 9. The summed E-state index contributed by atoms with van der Waals surface area (Å²) in [7, 11) is 1.59. The van der Waals surface area contributed by atoms with Gasteiger partial charge in [0.2, 0.25) is 0 Å². The summed E-state index contributed by atoms with van der Waals surface area (Å²) in [6.07, 6.45) is -9.67. The van der Waals surface area contributed by atoms with Crippen LogP contribution in [0, 0.1) is 0 Å². The van der Waals surface area contributed by atoms with Crippen molar-refractivity contribution in [3.8, 4) is 5.75 Å². The Kier molecular flexibility index (Phi) is 10.3. The van der Waals surface area contributed by atoms with E-state index in [1.54, 1.807) is 34.8 Å². The molecule has 7 rings (SSSR count). The van der Waals surface area contributed by atoms with Gasteiger partial charge in [0.25, 0.3) is 0 Å². The monoisotopic (exact) mass is 708 g/mol. The predicted molar refractivity (Wildman–Crippen MR) is 181 cm³/mol. The molecule has 51 heavy (non-hydrogen) atoms. The molecule has 12 nitrogen and oxygen atoms in total. The van der Waals surface area contributed by atoms with Crippen molar-refractivity contribution >= 4 is 0 Å². The minimum absolute atomic E-state index is 0.0828. The Morgan fingerprint density at radius 2 is 1.45 bits per heavy atom. The zero-order valence-electron chi connectivity index (χ0n) is 29.5. The first-order valence-corrected chi connectivity index (χ1v) is 17.4. The van der Waals surface area contributed by atoms with Crippen molar-refractivity contribution in [3.63, 3.8) is 0 Å². The van der Waals surface area contributed by atoms with Gasteiger partial charge in [-0.1, -0.05) is 72.8 Å². The maximum Gasteiger partial charge on any atom is 0.190 e. The number of aliphatic hydroxyl groups excluding tert-OH is 2. The van der Waals surface area contributed by atoms with E-state index in [0.29, 0.717) is 5.75 Å². The molecular weight excluding hydrogens is 660 g/mol. The van der Waals surface area contributed by atoms with Crippen molar-refractivity contribution in [2.24, 2.45) is 0 Å². The molecular formula is C39H48O12. The number of fused-ring (bicyclic) bond motifs is 1. The summed E-state index contributed by atoms with van der Waals surface area (Å²) in [6, 6.07) is 26.2. The van der Waals surface area contributed by atoms with Crippen molar-refractivity contribution in [2.75, 3.05) is 13.7 Å². The number of hydrogen-bond donors (Lipinski definition) is 3. The van der Waals surface area contributed by atoms with Crippen LogP contribution in [-0.2, 0) is 51.1 Å². The van der Waals surface area contributed by atoms with Gasteiger partial charge in [0, 0.05) is 5.92 Å². The molecule has 3 heterocycles. The van der Waals surface area contributed by atoms with Crippen molar-refractivity contribution in [3.05, 3.63) is 102 Å². The number of rotatable bonds is 12. The molecule has 3 aromatic carbocycles. The Labute approximate surface area is 298 Å². The van der Waals surface area contributed by atoms with E-state index >= 15 is 0 Å². The number of benzene rings is 3. The lowest BCUT2D eigenvalue weighted by Crippen LogP contribution is -2.81. The topological polar surface area (TPSA) is 144 Å². The fourth-order valence-corrected chi connectivity index (χ4v) is 7.66. The van der Waals surface area contributed by atoms with Crippen LogP contribution in [0.5, 0.6) is 5.75 Å². The smallest absolute Gasteiger partial charge is 0.190 e. The first kappa shape index (κ1) is 36.4. The van der Waals surface area contributed by atoms with Crippen LogP contribution in [0.1, 0.15) is 50.3 Å². The summed E-state index contributed by atoms with van der Waals surface area (Å²) in [5.41, 5.74) is 0.671. The summed E-state index contributed by atoms with van der Waals surface area (Å²) in [4.78, 5) is 0. The molecule has 3 saturated heterocycles. The molecule has 4 fully saturated rings. The van der Waals surface area contributed by atoms with Crippen molar-refractivity contribution < 1.29 is 58.0 Å². The molecule has 3 unspecified atom stereocenters. The highest BCUT2D eigenvalue weighted by Crippen LogP contribution is 2.55. The van der Waals surface area contributed by atoms with Gasteiger partial charge in [-0.25, -0.2) is 0 Å². The molecule has 3 N–H and O–H groups in total. The molecule has 3 aliphatic heterocycles. The Bertz CT molecular complexity index is 1590. The second-order valence-corrected chi connectivity index (χ2v) is 14.5. The first-order valence-electron chi connectivity index (χ1n) is 17.4. The van der Waals surface area contributed by atoms with Gasteiger partial charge in [0.15, 0.2) is 24.2 Å².